The van der Waals surface area contributed by atoms with Crippen LogP contribution in [0.2, 0.25) is 0 Å². The SMILES string of the molecule is CCOC(=O)c1csc([C@@H]2C/C(=N/[S+]([O-])C(C)(C)C)c3ccccc3O2)n1. The predicted octanol–water partition coefficient (Wildman–Crippen LogP) is 4.09. The molecule has 0 N–H and O–H groups in total. The largest absolute Gasteiger partial charge is 0.591 e. The summed E-state index contributed by atoms with van der Waals surface area (Å²) in [4.78, 5) is 16.3. The van der Waals surface area contributed by atoms with Gasteiger partial charge in [-0.25, -0.2) is 9.78 Å². The smallest absolute Gasteiger partial charge is 0.357 e. The maximum atomic E-state index is 12.6. The van der Waals surface area contributed by atoms with Crippen LogP contribution in [0.1, 0.15) is 61.3 Å². The summed E-state index contributed by atoms with van der Waals surface area (Å²) >= 11 is -0.0334. The van der Waals surface area contributed by atoms with Crippen LogP contribution in [-0.4, -0.2) is 32.6 Å². The number of para-hydroxylation sites is 1. The van der Waals surface area contributed by atoms with E-state index in [1.54, 1.807) is 12.3 Å². The first-order chi connectivity index (χ1) is 12.8. The molecule has 8 heteroatoms. The lowest BCUT2D eigenvalue weighted by Crippen LogP contribution is -2.29. The number of benzene rings is 1. The van der Waals surface area contributed by atoms with Crippen LogP contribution >= 0.6 is 11.3 Å². The molecule has 144 valence electrons. The number of hydrogen-bond acceptors (Lipinski definition) is 7. The fourth-order valence-electron chi connectivity index (χ4n) is 2.48. The number of thiazole rings is 1. The van der Waals surface area contributed by atoms with E-state index >= 15 is 0 Å². The molecule has 0 bridgehead atoms. The van der Waals surface area contributed by atoms with Crippen molar-refractivity contribution in [1.82, 2.24) is 4.98 Å². The first kappa shape index (κ1) is 19.9. The Hall–Kier alpha value is -1.90. The molecule has 0 saturated heterocycles. The number of carbonyl (C=O) groups excluding carboxylic acids is 1. The number of fused-ring (bicyclic) bond motifs is 1. The number of carbonyl (C=O) groups is 1. The zero-order chi connectivity index (χ0) is 19.6. The fourth-order valence-corrected chi connectivity index (χ4v) is 3.95. The van der Waals surface area contributed by atoms with Gasteiger partial charge in [0, 0.05) is 17.4 Å². The van der Waals surface area contributed by atoms with Crippen molar-refractivity contribution in [2.24, 2.45) is 4.40 Å². The summed E-state index contributed by atoms with van der Waals surface area (Å²) in [6, 6.07) is 7.55. The highest BCUT2D eigenvalue weighted by molar-refractivity contribution is 7.91. The number of aromatic nitrogens is 1. The normalized spacial score (nSPS) is 19.3. The summed E-state index contributed by atoms with van der Waals surface area (Å²) in [6.07, 6.45) is 0.0537. The Labute approximate surface area is 166 Å². The summed E-state index contributed by atoms with van der Waals surface area (Å²) in [7, 11) is 0. The number of rotatable bonds is 4. The minimum atomic E-state index is -1.38. The van der Waals surface area contributed by atoms with Gasteiger partial charge in [0.25, 0.3) is 0 Å². The Morgan fingerprint density at radius 2 is 2.19 bits per heavy atom. The Bertz CT molecular complexity index is 857. The summed E-state index contributed by atoms with van der Waals surface area (Å²) in [5, 5.41) is 2.34. The van der Waals surface area contributed by atoms with Crippen LogP contribution in [0, 0.1) is 0 Å². The second kappa shape index (κ2) is 8.00. The van der Waals surface area contributed by atoms with Gasteiger partial charge in [0.1, 0.15) is 32.6 Å². The van der Waals surface area contributed by atoms with Gasteiger partial charge in [-0.3, -0.25) is 0 Å². The highest BCUT2D eigenvalue weighted by Crippen LogP contribution is 2.37. The fraction of sp³-hybridized carbons (Fsp3) is 0.421. The van der Waals surface area contributed by atoms with Crippen molar-refractivity contribution in [3.8, 4) is 5.75 Å². The summed E-state index contributed by atoms with van der Waals surface area (Å²) in [5.41, 5.74) is 1.84. The van der Waals surface area contributed by atoms with E-state index in [0.29, 0.717) is 23.8 Å². The van der Waals surface area contributed by atoms with Gasteiger partial charge in [-0.1, -0.05) is 16.5 Å². The van der Waals surface area contributed by atoms with E-state index in [-0.39, 0.29) is 11.8 Å². The van der Waals surface area contributed by atoms with Crippen molar-refractivity contribution < 1.29 is 18.8 Å². The van der Waals surface area contributed by atoms with Crippen molar-refractivity contribution in [2.45, 2.75) is 45.0 Å². The van der Waals surface area contributed by atoms with E-state index in [2.05, 4.69) is 9.38 Å². The maximum absolute atomic E-state index is 12.6. The van der Waals surface area contributed by atoms with Crippen LogP contribution in [0.5, 0.6) is 5.75 Å². The lowest BCUT2D eigenvalue weighted by atomic mass is 10.0. The molecule has 0 spiro atoms. The third-order valence-electron chi connectivity index (χ3n) is 3.84. The van der Waals surface area contributed by atoms with Gasteiger partial charge in [0.2, 0.25) is 0 Å². The first-order valence-electron chi connectivity index (χ1n) is 8.67. The quantitative estimate of drug-likeness (QED) is 0.564. The second-order valence-corrected chi connectivity index (χ2v) is 9.79. The Kier molecular flexibility index (Phi) is 5.88. The van der Waals surface area contributed by atoms with E-state index in [1.807, 2.05) is 45.0 Å². The lowest BCUT2D eigenvalue weighted by Gasteiger charge is -2.26. The Morgan fingerprint density at radius 1 is 1.44 bits per heavy atom. The molecule has 2 heterocycles. The molecule has 0 aliphatic carbocycles. The molecule has 3 rings (SSSR count). The number of esters is 1. The zero-order valence-electron chi connectivity index (χ0n) is 15.7. The molecule has 1 aliphatic heterocycles. The van der Waals surface area contributed by atoms with Crippen LogP contribution < -0.4 is 4.74 Å². The topological polar surface area (TPSA) is 83.8 Å². The average Bonchev–Trinajstić information content (AvgIpc) is 3.11. The van der Waals surface area contributed by atoms with Gasteiger partial charge in [-0.2, -0.15) is 0 Å². The highest BCUT2D eigenvalue weighted by Gasteiger charge is 2.33. The van der Waals surface area contributed by atoms with Gasteiger partial charge in [-0.15, -0.1) is 11.3 Å². The van der Waals surface area contributed by atoms with Crippen molar-refractivity contribution in [3.05, 3.63) is 45.9 Å². The van der Waals surface area contributed by atoms with Crippen LogP contribution in [0.3, 0.4) is 0 Å². The third kappa shape index (κ3) is 4.51. The Morgan fingerprint density at radius 3 is 2.89 bits per heavy atom. The van der Waals surface area contributed by atoms with Gasteiger partial charge in [-0.05, 0) is 39.8 Å². The van der Waals surface area contributed by atoms with Crippen LogP contribution in [-0.2, 0) is 16.1 Å². The molecule has 1 aromatic heterocycles. The predicted molar refractivity (Wildman–Crippen MR) is 107 cm³/mol. The lowest BCUT2D eigenvalue weighted by molar-refractivity contribution is 0.0519. The van der Waals surface area contributed by atoms with E-state index < -0.39 is 22.1 Å². The molecular formula is C19H22N2O4S2. The summed E-state index contributed by atoms with van der Waals surface area (Å²) in [5.74, 6) is 0.227. The zero-order valence-corrected chi connectivity index (χ0v) is 17.4. The van der Waals surface area contributed by atoms with E-state index in [0.717, 1.165) is 11.3 Å². The van der Waals surface area contributed by atoms with Gasteiger partial charge in [0.05, 0.1) is 6.61 Å². The number of nitrogens with zero attached hydrogens (tertiary/aromatic N) is 2. The molecule has 2 atom stereocenters. The van der Waals surface area contributed by atoms with Gasteiger partial charge in [0.15, 0.2) is 11.8 Å². The average molecular weight is 407 g/mol. The molecule has 1 unspecified atom stereocenters. The molecule has 27 heavy (non-hydrogen) atoms. The minimum Gasteiger partial charge on any atom is -0.591 e. The molecule has 2 aromatic rings. The molecule has 0 saturated carbocycles. The van der Waals surface area contributed by atoms with Crippen LogP contribution in [0.25, 0.3) is 0 Å². The van der Waals surface area contributed by atoms with Crippen molar-refractivity contribution in [3.63, 3.8) is 0 Å². The summed E-state index contributed by atoms with van der Waals surface area (Å²) < 4.78 is 27.7. The minimum absolute atomic E-state index is 0.274. The number of ether oxygens (including phenoxy) is 2. The third-order valence-corrected chi connectivity index (χ3v) is 6.22. The van der Waals surface area contributed by atoms with Gasteiger partial charge < -0.3 is 14.0 Å². The maximum Gasteiger partial charge on any atom is 0.357 e. The second-order valence-electron chi connectivity index (χ2n) is 7.00. The Balaban J connectivity index is 1.92. The van der Waals surface area contributed by atoms with E-state index in [4.69, 9.17) is 9.47 Å². The molecule has 0 amide bonds. The standard InChI is InChI=1S/C19H22N2O4S2/c1-5-24-18(22)14-11-26-17(20-14)16-10-13(21-27(23)19(2,3)4)12-8-6-7-9-15(12)25-16/h6-9,11,16H,5,10H2,1-4H3/b21-13-/t16-,27?/m0/s1. The van der Waals surface area contributed by atoms with Crippen molar-refractivity contribution in [2.75, 3.05) is 6.61 Å². The van der Waals surface area contributed by atoms with Crippen LogP contribution in [0.4, 0.5) is 0 Å². The van der Waals surface area contributed by atoms with Gasteiger partial charge >= 0.3 is 5.97 Å². The molecule has 1 aromatic carbocycles. The molecule has 6 nitrogen and oxygen atoms in total. The van der Waals surface area contributed by atoms with E-state index in [1.165, 1.54) is 11.3 Å². The van der Waals surface area contributed by atoms with Crippen molar-refractivity contribution >= 4 is 34.4 Å². The van der Waals surface area contributed by atoms with Crippen LogP contribution in [0.15, 0.2) is 34.0 Å². The molecule has 0 fully saturated rings. The monoisotopic (exact) mass is 406 g/mol. The molecule has 0 radical (unpaired) electrons. The number of hydrogen-bond donors (Lipinski definition) is 0. The highest BCUT2D eigenvalue weighted by atomic mass is 32.2. The van der Waals surface area contributed by atoms with E-state index in [9.17, 15) is 9.35 Å². The first-order valence-corrected chi connectivity index (χ1v) is 10.7. The summed E-state index contributed by atoms with van der Waals surface area (Å²) in [6.45, 7) is 7.73. The molecular weight excluding hydrogens is 384 g/mol. The van der Waals surface area contributed by atoms with Crippen molar-refractivity contribution in [1.29, 1.82) is 0 Å². The molecule has 1 aliphatic rings.